The van der Waals surface area contributed by atoms with Crippen molar-refractivity contribution in [2.45, 2.75) is 64.9 Å². The lowest BCUT2D eigenvalue weighted by atomic mass is 9.92. The molecule has 1 aromatic heterocycles. The monoisotopic (exact) mass is 320 g/mol. The summed E-state index contributed by atoms with van der Waals surface area (Å²) in [5.41, 5.74) is 0.780. The Morgan fingerprint density at radius 1 is 1.17 bits per heavy atom. The highest BCUT2D eigenvalue weighted by atomic mass is 16.5. The zero-order valence-electron chi connectivity index (χ0n) is 14.5. The van der Waals surface area contributed by atoms with E-state index < -0.39 is 5.60 Å². The predicted octanol–water partition coefficient (Wildman–Crippen LogP) is 3.86. The van der Waals surface area contributed by atoms with Gasteiger partial charge >= 0.3 is 0 Å². The van der Waals surface area contributed by atoms with Crippen molar-refractivity contribution >= 4 is 11.6 Å². The minimum Gasteiger partial charge on any atom is -0.478 e. The van der Waals surface area contributed by atoms with Crippen molar-refractivity contribution in [3.63, 3.8) is 0 Å². The summed E-state index contributed by atoms with van der Waals surface area (Å²) in [5.74, 6) is 0.535. The number of hydrogen-bond acceptors (Lipinski definition) is 4. The molecule has 0 radical (unpaired) electrons. The smallest absolute Gasteiger partial charge is 0.256 e. The first-order valence-corrected chi connectivity index (χ1v) is 8.67. The van der Waals surface area contributed by atoms with Gasteiger partial charge in [-0.05, 0) is 39.7 Å². The average molecular weight is 320 g/mol. The standard InChI is InChI=1S/C18H28N2O3/c1-4-22-16-11-10-15(14(3)19-16)20-17(21)18(23-5-2)12-8-6-7-9-13-18/h10-11H,4-9,12-13H2,1-3H3,(H,20,21). The Balaban J connectivity index is 2.14. The number of nitrogens with one attached hydrogen (secondary N) is 1. The number of ether oxygens (including phenoxy) is 2. The van der Waals surface area contributed by atoms with Gasteiger partial charge in [0.25, 0.3) is 5.91 Å². The van der Waals surface area contributed by atoms with Crippen LogP contribution in [0.2, 0.25) is 0 Å². The van der Waals surface area contributed by atoms with Crippen LogP contribution in [0, 0.1) is 6.92 Å². The summed E-state index contributed by atoms with van der Waals surface area (Å²) in [6, 6.07) is 3.63. The molecule has 1 saturated carbocycles. The molecule has 1 heterocycles. The number of aryl methyl sites for hydroxylation is 1. The van der Waals surface area contributed by atoms with Crippen LogP contribution >= 0.6 is 0 Å². The molecule has 0 unspecified atom stereocenters. The van der Waals surface area contributed by atoms with Gasteiger partial charge in [0.15, 0.2) is 0 Å². The van der Waals surface area contributed by atoms with Crippen molar-refractivity contribution in [3.8, 4) is 5.88 Å². The van der Waals surface area contributed by atoms with Crippen molar-refractivity contribution in [2.75, 3.05) is 18.5 Å². The van der Waals surface area contributed by atoms with Crippen molar-refractivity contribution < 1.29 is 14.3 Å². The van der Waals surface area contributed by atoms with E-state index in [1.54, 1.807) is 6.07 Å². The maximum absolute atomic E-state index is 12.9. The van der Waals surface area contributed by atoms with E-state index in [1.807, 2.05) is 26.8 Å². The number of nitrogens with zero attached hydrogens (tertiary/aromatic N) is 1. The molecule has 0 saturated heterocycles. The Morgan fingerprint density at radius 2 is 1.87 bits per heavy atom. The number of anilines is 1. The van der Waals surface area contributed by atoms with Gasteiger partial charge in [-0.3, -0.25) is 4.79 Å². The Labute approximate surface area is 138 Å². The van der Waals surface area contributed by atoms with Crippen molar-refractivity contribution in [1.82, 2.24) is 4.98 Å². The predicted molar refractivity (Wildman–Crippen MR) is 90.8 cm³/mol. The molecule has 1 aliphatic rings. The van der Waals surface area contributed by atoms with Crippen LogP contribution < -0.4 is 10.1 Å². The summed E-state index contributed by atoms with van der Waals surface area (Å²) in [5, 5.41) is 3.02. The van der Waals surface area contributed by atoms with Crippen LogP contribution in [-0.4, -0.2) is 29.7 Å². The number of pyridine rings is 1. The third-order valence-corrected chi connectivity index (χ3v) is 4.35. The average Bonchev–Trinajstić information content (AvgIpc) is 2.77. The van der Waals surface area contributed by atoms with Crippen molar-refractivity contribution in [3.05, 3.63) is 17.8 Å². The van der Waals surface area contributed by atoms with E-state index in [1.165, 1.54) is 12.8 Å². The van der Waals surface area contributed by atoms with Crippen molar-refractivity contribution in [1.29, 1.82) is 0 Å². The van der Waals surface area contributed by atoms with Crippen LogP contribution in [0.3, 0.4) is 0 Å². The third kappa shape index (κ3) is 4.44. The number of aromatic nitrogens is 1. The third-order valence-electron chi connectivity index (χ3n) is 4.35. The van der Waals surface area contributed by atoms with Gasteiger partial charge in [-0.2, -0.15) is 0 Å². The first-order valence-electron chi connectivity index (χ1n) is 8.67. The maximum Gasteiger partial charge on any atom is 0.256 e. The quantitative estimate of drug-likeness (QED) is 0.809. The first-order chi connectivity index (χ1) is 11.1. The lowest BCUT2D eigenvalue weighted by Gasteiger charge is -2.31. The molecule has 0 bridgehead atoms. The number of hydrogen-bond donors (Lipinski definition) is 1. The van der Waals surface area contributed by atoms with Gasteiger partial charge in [-0.25, -0.2) is 4.98 Å². The maximum atomic E-state index is 12.9. The lowest BCUT2D eigenvalue weighted by molar-refractivity contribution is -0.143. The molecule has 1 N–H and O–H groups in total. The molecular formula is C18H28N2O3. The highest BCUT2D eigenvalue weighted by Crippen LogP contribution is 2.32. The summed E-state index contributed by atoms with van der Waals surface area (Å²) in [6.45, 7) is 6.87. The van der Waals surface area contributed by atoms with E-state index in [4.69, 9.17) is 9.47 Å². The largest absolute Gasteiger partial charge is 0.478 e. The van der Waals surface area contributed by atoms with Gasteiger partial charge in [-0.1, -0.05) is 25.7 Å². The Morgan fingerprint density at radius 3 is 2.43 bits per heavy atom. The van der Waals surface area contributed by atoms with Crippen molar-refractivity contribution in [2.24, 2.45) is 0 Å². The number of amides is 1. The highest BCUT2D eigenvalue weighted by molar-refractivity contribution is 5.97. The summed E-state index contributed by atoms with van der Waals surface area (Å²) < 4.78 is 11.3. The van der Waals surface area contributed by atoms with Crippen LogP contribution in [0.4, 0.5) is 5.69 Å². The molecule has 1 aromatic rings. The molecule has 2 rings (SSSR count). The lowest BCUT2D eigenvalue weighted by Crippen LogP contribution is -2.45. The molecule has 1 aliphatic carbocycles. The van der Waals surface area contributed by atoms with Crippen LogP contribution in [0.5, 0.6) is 5.88 Å². The zero-order valence-corrected chi connectivity index (χ0v) is 14.5. The second kappa shape index (κ2) is 8.29. The minimum atomic E-state index is -0.698. The van der Waals surface area contributed by atoms with Crippen LogP contribution in [0.1, 0.15) is 58.1 Å². The van der Waals surface area contributed by atoms with Gasteiger partial charge in [0.2, 0.25) is 5.88 Å². The Kier molecular flexibility index (Phi) is 6.39. The molecular weight excluding hydrogens is 292 g/mol. The van der Waals surface area contributed by atoms with Gasteiger partial charge in [-0.15, -0.1) is 0 Å². The van der Waals surface area contributed by atoms with E-state index in [9.17, 15) is 4.79 Å². The van der Waals surface area contributed by atoms with Crippen LogP contribution in [0.25, 0.3) is 0 Å². The van der Waals surface area contributed by atoms with Crippen LogP contribution in [0.15, 0.2) is 12.1 Å². The fourth-order valence-corrected chi connectivity index (χ4v) is 3.15. The van der Waals surface area contributed by atoms with Gasteiger partial charge in [0.1, 0.15) is 5.60 Å². The second-order valence-corrected chi connectivity index (χ2v) is 6.01. The molecule has 5 heteroatoms. The van der Waals surface area contributed by atoms with Gasteiger partial charge < -0.3 is 14.8 Å². The Hall–Kier alpha value is -1.62. The molecule has 0 atom stereocenters. The minimum absolute atomic E-state index is 0.0460. The van der Waals surface area contributed by atoms with E-state index in [0.717, 1.165) is 37.1 Å². The van der Waals surface area contributed by atoms with E-state index >= 15 is 0 Å². The fourth-order valence-electron chi connectivity index (χ4n) is 3.15. The van der Waals surface area contributed by atoms with E-state index in [0.29, 0.717) is 19.1 Å². The van der Waals surface area contributed by atoms with Gasteiger partial charge in [0.05, 0.1) is 18.0 Å². The van der Waals surface area contributed by atoms with E-state index in [-0.39, 0.29) is 5.91 Å². The fraction of sp³-hybridized carbons (Fsp3) is 0.667. The zero-order chi connectivity index (χ0) is 16.7. The topological polar surface area (TPSA) is 60.5 Å². The number of rotatable bonds is 6. The highest BCUT2D eigenvalue weighted by Gasteiger charge is 2.39. The second-order valence-electron chi connectivity index (χ2n) is 6.01. The molecule has 1 amide bonds. The Bertz CT molecular complexity index is 523. The summed E-state index contributed by atoms with van der Waals surface area (Å²) >= 11 is 0. The molecule has 5 nitrogen and oxygen atoms in total. The van der Waals surface area contributed by atoms with Crippen LogP contribution in [-0.2, 0) is 9.53 Å². The summed E-state index contributed by atoms with van der Waals surface area (Å²) in [4.78, 5) is 17.3. The number of carbonyl (C=O) groups is 1. The summed E-state index contributed by atoms with van der Waals surface area (Å²) in [7, 11) is 0. The van der Waals surface area contributed by atoms with Gasteiger partial charge in [0, 0.05) is 12.7 Å². The summed E-state index contributed by atoms with van der Waals surface area (Å²) in [6.07, 6.45) is 5.99. The molecule has 0 aliphatic heterocycles. The first kappa shape index (κ1) is 17.7. The molecule has 0 spiro atoms. The number of carbonyl (C=O) groups excluding carboxylic acids is 1. The van der Waals surface area contributed by atoms with E-state index in [2.05, 4.69) is 10.3 Å². The molecule has 1 fully saturated rings. The molecule has 23 heavy (non-hydrogen) atoms. The molecule has 0 aromatic carbocycles. The normalized spacial score (nSPS) is 17.3. The molecule has 128 valence electrons. The SMILES string of the molecule is CCOc1ccc(NC(=O)C2(OCC)CCCCCC2)c(C)n1.